The zero-order valence-electron chi connectivity index (χ0n) is 10.2. The monoisotopic (exact) mass is 271 g/mol. The zero-order chi connectivity index (χ0) is 14.0. The van der Waals surface area contributed by atoms with Gasteiger partial charge >= 0.3 is 6.03 Å². The fraction of sp³-hybridized carbons (Fsp3) is 0.300. The van der Waals surface area contributed by atoms with E-state index in [2.05, 4.69) is 11.1 Å². The summed E-state index contributed by atoms with van der Waals surface area (Å²) in [6.45, 7) is -0.257. The molecule has 0 radical (unpaired) electrons. The van der Waals surface area contributed by atoms with Gasteiger partial charge in [-0.2, -0.15) is 0 Å². The first-order valence-electron chi connectivity index (χ1n) is 5.46. The van der Waals surface area contributed by atoms with E-state index in [1.807, 2.05) is 0 Å². The molecular formula is C10H14FN5O3. The van der Waals surface area contributed by atoms with E-state index < -0.39 is 11.8 Å². The largest absolute Gasteiger partial charge is 0.489 e. The number of nitrogens with one attached hydrogen (secondary N) is 2. The number of hydrazine groups is 3. The predicted molar refractivity (Wildman–Crippen MR) is 65.3 cm³/mol. The van der Waals surface area contributed by atoms with E-state index in [0.717, 1.165) is 11.1 Å². The van der Waals surface area contributed by atoms with Crippen LogP contribution in [0.2, 0.25) is 0 Å². The molecule has 1 aromatic rings. The number of hydrogen-bond acceptors (Lipinski definition) is 6. The molecule has 0 aromatic heterocycles. The Bertz CT molecular complexity index is 498. The second-order valence-electron chi connectivity index (χ2n) is 3.81. The van der Waals surface area contributed by atoms with Crippen molar-refractivity contribution in [3.8, 4) is 5.75 Å². The summed E-state index contributed by atoms with van der Waals surface area (Å²) in [7, 11) is 1.51. The van der Waals surface area contributed by atoms with E-state index in [1.54, 1.807) is 0 Å². The fourth-order valence-electron chi connectivity index (χ4n) is 1.54. The number of nitrogens with two attached hydrogens (primary N) is 1. The zero-order valence-corrected chi connectivity index (χ0v) is 10.2. The molecule has 0 unspecified atom stereocenters. The molecule has 1 aromatic carbocycles. The molecule has 0 spiro atoms. The highest BCUT2D eigenvalue weighted by Crippen LogP contribution is 2.32. The highest BCUT2D eigenvalue weighted by molar-refractivity contribution is 5.94. The van der Waals surface area contributed by atoms with Gasteiger partial charge in [-0.05, 0) is 6.07 Å². The number of urea groups is 1. The molecule has 0 atom stereocenters. The van der Waals surface area contributed by atoms with Crippen molar-refractivity contribution in [3.63, 3.8) is 0 Å². The van der Waals surface area contributed by atoms with Crippen LogP contribution in [0.15, 0.2) is 12.1 Å². The molecule has 0 bridgehead atoms. The third kappa shape index (κ3) is 2.52. The first-order chi connectivity index (χ1) is 9.04. The molecule has 1 aliphatic rings. The summed E-state index contributed by atoms with van der Waals surface area (Å²) >= 11 is 0. The van der Waals surface area contributed by atoms with Crippen molar-refractivity contribution >= 4 is 17.4 Å². The second-order valence-corrected chi connectivity index (χ2v) is 3.81. The van der Waals surface area contributed by atoms with Gasteiger partial charge in [-0.15, -0.1) is 11.1 Å². The molecular weight excluding hydrogens is 257 g/mol. The van der Waals surface area contributed by atoms with Crippen LogP contribution < -0.4 is 26.5 Å². The Morgan fingerprint density at radius 1 is 1.47 bits per heavy atom. The number of aliphatic hydroxyl groups is 1. The van der Waals surface area contributed by atoms with Gasteiger partial charge in [0.25, 0.3) is 0 Å². The molecule has 19 heavy (non-hydrogen) atoms. The Balaban J connectivity index is 2.37. The summed E-state index contributed by atoms with van der Waals surface area (Å²) in [5, 5.41) is 11.0. The molecule has 1 fully saturated rings. The molecule has 9 heteroatoms. The topological polar surface area (TPSA) is 103 Å². The number of ether oxygens (including phenoxy) is 1. The molecule has 2 amide bonds. The number of rotatable bonds is 4. The van der Waals surface area contributed by atoms with Crippen molar-refractivity contribution in [2.24, 2.45) is 0 Å². The number of nitrogens with zero attached hydrogens (tertiary/aromatic N) is 2. The molecule has 1 saturated heterocycles. The number of nitrogen functional groups attached to an aromatic ring is 1. The van der Waals surface area contributed by atoms with Crippen LogP contribution in [-0.4, -0.2) is 36.4 Å². The standard InChI is InChI=1S/C10H14FN5O3/c1-15-10(18)16(14-13-15)8-5-7(12)6(11)4-9(8)19-3-2-17/h4-5,13-14,17H,2-3,12H2,1H3. The lowest BCUT2D eigenvalue weighted by atomic mass is 10.2. The van der Waals surface area contributed by atoms with Crippen LogP contribution in [0, 0.1) is 5.82 Å². The third-order valence-electron chi connectivity index (χ3n) is 2.48. The van der Waals surface area contributed by atoms with Gasteiger partial charge in [0.1, 0.15) is 23.9 Å². The van der Waals surface area contributed by atoms with Gasteiger partial charge in [-0.1, -0.05) is 0 Å². The Hall–Kier alpha value is -2.10. The minimum Gasteiger partial charge on any atom is -0.489 e. The number of anilines is 2. The average molecular weight is 271 g/mol. The summed E-state index contributed by atoms with van der Waals surface area (Å²) in [6, 6.07) is 1.92. The maximum absolute atomic E-state index is 13.4. The molecule has 1 heterocycles. The first-order valence-corrected chi connectivity index (χ1v) is 5.46. The van der Waals surface area contributed by atoms with Crippen molar-refractivity contribution in [1.29, 1.82) is 0 Å². The van der Waals surface area contributed by atoms with Crippen molar-refractivity contribution in [2.45, 2.75) is 0 Å². The number of carbonyl (C=O) groups is 1. The molecule has 1 aliphatic heterocycles. The Morgan fingerprint density at radius 2 is 2.21 bits per heavy atom. The van der Waals surface area contributed by atoms with Gasteiger partial charge in [0.05, 0.1) is 12.3 Å². The van der Waals surface area contributed by atoms with E-state index in [4.69, 9.17) is 15.6 Å². The van der Waals surface area contributed by atoms with E-state index in [1.165, 1.54) is 18.1 Å². The van der Waals surface area contributed by atoms with E-state index in [0.29, 0.717) is 0 Å². The van der Waals surface area contributed by atoms with Crippen molar-refractivity contribution in [3.05, 3.63) is 17.9 Å². The summed E-state index contributed by atoms with van der Waals surface area (Å²) in [5.41, 5.74) is 10.7. The maximum Gasteiger partial charge on any atom is 0.355 e. The maximum atomic E-state index is 13.4. The predicted octanol–water partition coefficient (Wildman–Crippen LogP) is -0.425. The van der Waals surface area contributed by atoms with Crippen LogP contribution in [0.25, 0.3) is 0 Å². The van der Waals surface area contributed by atoms with Crippen LogP contribution in [0.4, 0.5) is 20.6 Å². The lowest BCUT2D eigenvalue weighted by Crippen LogP contribution is -2.38. The van der Waals surface area contributed by atoms with Gasteiger partial charge in [-0.3, -0.25) is 0 Å². The van der Waals surface area contributed by atoms with Gasteiger partial charge in [0, 0.05) is 13.1 Å². The van der Waals surface area contributed by atoms with Crippen LogP contribution >= 0.6 is 0 Å². The Morgan fingerprint density at radius 3 is 2.79 bits per heavy atom. The number of aliphatic hydroxyl groups excluding tert-OH is 1. The SMILES string of the molecule is CN1NNN(c2cc(N)c(F)cc2OCCO)C1=O. The van der Waals surface area contributed by atoms with Gasteiger partial charge in [0.15, 0.2) is 0 Å². The third-order valence-corrected chi connectivity index (χ3v) is 2.48. The molecule has 104 valence electrons. The molecule has 0 aliphatic carbocycles. The van der Waals surface area contributed by atoms with Gasteiger partial charge in [0.2, 0.25) is 0 Å². The minimum absolute atomic E-state index is 0.0261. The summed E-state index contributed by atoms with van der Waals surface area (Å²) < 4.78 is 18.6. The fourth-order valence-corrected chi connectivity index (χ4v) is 1.54. The summed E-state index contributed by atoms with van der Waals surface area (Å²) in [5.74, 6) is -0.566. The normalized spacial score (nSPS) is 15.2. The lowest BCUT2D eigenvalue weighted by Gasteiger charge is -2.18. The molecule has 0 saturated carbocycles. The number of benzene rings is 1. The van der Waals surface area contributed by atoms with Crippen molar-refractivity contribution in [1.82, 2.24) is 16.1 Å². The average Bonchev–Trinajstić information content (AvgIpc) is 2.71. The number of amides is 2. The molecule has 5 N–H and O–H groups in total. The lowest BCUT2D eigenvalue weighted by molar-refractivity contribution is 0.201. The van der Waals surface area contributed by atoms with Crippen LogP contribution in [0.3, 0.4) is 0 Å². The number of hydrogen-bond donors (Lipinski definition) is 4. The number of halogens is 1. The van der Waals surface area contributed by atoms with Crippen molar-refractivity contribution < 1.29 is 19.0 Å². The highest BCUT2D eigenvalue weighted by Gasteiger charge is 2.29. The summed E-state index contributed by atoms with van der Waals surface area (Å²) in [6.07, 6.45) is 0. The quantitative estimate of drug-likeness (QED) is 0.554. The Labute approximate surface area is 108 Å². The Kier molecular flexibility index (Phi) is 3.69. The molecule has 8 nitrogen and oxygen atoms in total. The number of carbonyl (C=O) groups excluding carboxylic acids is 1. The van der Waals surface area contributed by atoms with Crippen LogP contribution in [0.5, 0.6) is 5.75 Å². The minimum atomic E-state index is -0.662. The highest BCUT2D eigenvalue weighted by atomic mass is 19.1. The van der Waals surface area contributed by atoms with E-state index in [-0.39, 0.29) is 30.3 Å². The van der Waals surface area contributed by atoms with E-state index in [9.17, 15) is 9.18 Å². The summed E-state index contributed by atoms with van der Waals surface area (Å²) in [4.78, 5) is 11.8. The van der Waals surface area contributed by atoms with Crippen LogP contribution in [0.1, 0.15) is 0 Å². The molecule has 2 rings (SSSR count). The van der Waals surface area contributed by atoms with E-state index >= 15 is 0 Å². The van der Waals surface area contributed by atoms with Gasteiger partial charge < -0.3 is 15.6 Å². The van der Waals surface area contributed by atoms with Crippen molar-refractivity contribution in [2.75, 3.05) is 31.0 Å². The second kappa shape index (κ2) is 5.26. The van der Waals surface area contributed by atoms with Gasteiger partial charge in [-0.25, -0.2) is 19.2 Å². The van der Waals surface area contributed by atoms with Crippen LogP contribution in [-0.2, 0) is 0 Å². The smallest absolute Gasteiger partial charge is 0.355 e. The first kappa shape index (κ1) is 13.3.